The third kappa shape index (κ3) is 3.97. The van der Waals surface area contributed by atoms with Gasteiger partial charge in [0, 0.05) is 34.7 Å². The molecule has 25 heavy (non-hydrogen) atoms. The second-order valence-corrected chi connectivity index (χ2v) is 7.92. The highest BCUT2D eigenvalue weighted by Crippen LogP contribution is 2.38. The molecule has 0 fully saturated rings. The van der Waals surface area contributed by atoms with Crippen molar-refractivity contribution in [1.82, 2.24) is 4.57 Å². The van der Waals surface area contributed by atoms with Gasteiger partial charge in [0.15, 0.2) is 0 Å². The van der Waals surface area contributed by atoms with Crippen molar-refractivity contribution in [3.63, 3.8) is 0 Å². The number of carbonyl (C=O) groups excluding carboxylic acids is 1. The number of halogens is 2. The molecule has 0 aliphatic carbocycles. The minimum Gasteiger partial charge on any atom is -0.335 e. The molecule has 0 saturated carbocycles. The average molecular weight is 437 g/mol. The molecule has 2 aromatic carbocycles. The van der Waals surface area contributed by atoms with Gasteiger partial charge < -0.3 is 9.36 Å². The molecule has 0 saturated heterocycles. The summed E-state index contributed by atoms with van der Waals surface area (Å²) in [7, 11) is 0. The quantitative estimate of drug-likeness (QED) is 0.244. The number of carbonyl (C=O) groups is 1. The summed E-state index contributed by atoms with van der Waals surface area (Å²) in [5.41, 5.74) is 3.73. The van der Waals surface area contributed by atoms with E-state index in [0.717, 1.165) is 35.3 Å². The summed E-state index contributed by atoms with van der Waals surface area (Å²) >= 11 is 11.6. The van der Waals surface area contributed by atoms with Gasteiger partial charge in [0.1, 0.15) is 6.29 Å². The zero-order valence-electron chi connectivity index (χ0n) is 14.0. The van der Waals surface area contributed by atoms with Crippen molar-refractivity contribution in [3.05, 3.63) is 63.2 Å². The standard InChI is InChI=1S/C20H19BrClNOS/c1-25-18-6-4-5-17-19(18)16(13-14-7-9-15(22)10-8-14)20(21)23(17)11-2-3-12-24/h4-10,12H,2-3,11,13H2,1H3. The topological polar surface area (TPSA) is 22.0 Å². The Kier molecular flexibility index (Phi) is 6.26. The predicted octanol–water partition coefficient (Wildman–Crippen LogP) is 6.35. The Hall–Kier alpha value is -1.23. The van der Waals surface area contributed by atoms with Crippen molar-refractivity contribution in [1.29, 1.82) is 0 Å². The lowest BCUT2D eigenvalue weighted by molar-refractivity contribution is -0.107. The van der Waals surface area contributed by atoms with Crippen LogP contribution in [0.15, 0.2) is 52.0 Å². The number of hydrogen-bond acceptors (Lipinski definition) is 2. The fraction of sp³-hybridized carbons (Fsp3) is 0.250. The van der Waals surface area contributed by atoms with Gasteiger partial charge in [-0.15, -0.1) is 11.8 Å². The van der Waals surface area contributed by atoms with Crippen molar-refractivity contribution in [2.24, 2.45) is 0 Å². The lowest BCUT2D eigenvalue weighted by atomic mass is 10.0. The van der Waals surface area contributed by atoms with Crippen molar-refractivity contribution in [2.75, 3.05) is 6.26 Å². The van der Waals surface area contributed by atoms with E-state index in [1.54, 1.807) is 11.8 Å². The number of aromatic nitrogens is 1. The van der Waals surface area contributed by atoms with Gasteiger partial charge in [-0.3, -0.25) is 0 Å². The maximum Gasteiger partial charge on any atom is 0.120 e. The third-order valence-corrected chi connectivity index (χ3v) is 6.24. The van der Waals surface area contributed by atoms with E-state index in [1.807, 2.05) is 12.1 Å². The maximum absolute atomic E-state index is 10.7. The van der Waals surface area contributed by atoms with E-state index in [4.69, 9.17) is 11.6 Å². The lowest BCUT2D eigenvalue weighted by Crippen LogP contribution is -1.99. The number of unbranched alkanes of at least 4 members (excludes halogenated alkanes) is 1. The first-order valence-corrected chi connectivity index (χ1v) is 10.6. The van der Waals surface area contributed by atoms with E-state index in [1.165, 1.54) is 26.9 Å². The molecule has 0 aliphatic rings. The van der Waals surface area contributed by atoms with Crippen LogP contribution >= 0.6 is 39.3 Å². The molecule has 0 aliphatic heterocycles. The molecule has 130 valence electrons. The number of hydrogen-bond donors (Lipinski definition) is 0. The molecule has 3 rings (SSSR count). The molecule has 5 heteroatoms. The van der Waals surface area contributed by atoms with Crippen LogP contribution in [0.2, 0.25) is 5.02 Å². The van der Waals surface area contributed by atoms with Crippen LogP contribution in [0.3, 0.4) is 0 Å². The number of rotatable bonds is 7. The van der Waals surface area contributed by atoms with Crippen LogP contribution < -0.4 is 0 Å². The summed E-state index contributed by atoms with van der Waals surface area (Å²) in [5.74, 6) is 0. The van der Waals surface area contributed by atoms with Gasteiger partial charge in [-0.1, -0.05) is 29.8 Å². The molecule has 0 amide bonds. The van der Waals surface area contributed by atoms with Crippen LogP contribution in [0.5, 0.6) is 0 Å². The van der Waals surface area contributed by atoms with Crippen LogP contribution in [0.25, 0.3) is 10.9 Å². The second kappa shape index (κ2) is 8.43. The SMILES string of the molecule is CSc1cccc2c1c(Cc1ccc(Cl)cc1)c(Br)n2CCCC=O. The number of nitrogens with zero attached hydrogens (tertiary/aromatic N) is 1. The van der Waals surface area contributed by atoms with Crippen molar-refractivity contribution in [3.8, 4) is 0 Å². The number of fused-ring (bicyclic) bond motifs is 1. The zero-order valence-corrected chi connectivity index (χ0v) is 17.1. The normalized spacial score (nSPS) is 11.2. The van der Waals surface area contributed by atoms with Crippen LogP contribution in [-0.4, -0.2) is 17.1 Å². The lowest BCUT2D eigenvalue weighted by Gasteiger charge is -2.06. The summed E-state index contributed by atoms with van der Waals surface area (Å²) < 4.78 is 3.38. The highest BCUT2D eigenvalue weighted by molar-refractivity contribution is 9.10. The smallest absolute Gasteiger partial charge is 0.120 e. The summed E-state index contributed by atoms with van der Waals surface area (Å²) in [5, 5.41) is 2.05. The summed E-state index contributed by atoms with van der Waals surface area (Å²) in [6, 6.07) is 14.4. The first-order chi connectivity index (χ1) is 12.2. The molecule has 3 aromatic rings. The first-order valence-electron chi connectivity index (χ1n) is 8.17. The highest BCUT2D eigenvalue weighted by Gasteiger charge is 2.18. The number of benzene rings is 2. The Morgan fingerprint density at radius 3 is 2.64 bits per heavy atom. The largest absolute Gasteiger partial charge is 0.335 e. The van der Waals surface area contributed by atoms with Crippen LogP contribution in [0, 0.1) is 0 Å². The Balaban J connectivity index is 2.10. The Morgan fingerprint density at radius 1 is 1.20 bits per heavy atom. The number of aryl methyl sites for hydroxylation is 1. The van der Waals surface area contributed by atoms with Gasteiger partial charge in [-0.25, -0.2) is 0 Å². The Bertz CT molecular complexity index is 889. The van der Waals surface area contributed by atoms with Crippen LogP contribution in [0.1, 0.15) is 24.0 Å². The van der Waals surface area contributed by atoms with Gasteiger partial charge in [0.05, 0.1) is 10.1 Å². The van der Waals surface area contributed by atoms with E-state index in [9.17, 15) is 4.79 Å². The molecule has 1 aromatic heterocycles. The third-order valence-electron chi connectivity index (χ3n) is 4.30. The van der Waals surface area contributed by atoms with Crippen molar-refractivity contribution < 1.29 is 4.79 Å². The first kappa shape index (κ1) is 18.6. The van der Waals surface area contributed by atoms with Gasteiger partial charge in [0.2, 0.25) is 0 Å². The molecule has 2 nitrogen and oxygen atoms in total. The Labute approximate surface area is 165 Å². The molecule has 1 heterocycles. The van der Waals surface area contributed by atoms with E-state index in [2.05, 4.69) is 57.1 Å². The average Bonchev–Trinajstić information content (AvgIpc) is 2.89. The van der Waals surface area contributed by atoms with Crippen LogP contribution in [-0.2, 0) is 17.8 Å². The van der Waals surface area contributed by atoms with Gasteiger partial charge >= 0.3 is 0 Å². The van der Waals surface area contributed by atoms with Gasteiger partial charge in [-0.2, -0.15) is 0 Å². The number of aldehydes is 1. The van der Waals surface area contributed by atoms with E-state index >= 15 is 0 Å². The number of thioether (sulfide) groups is 1. The highest BCUT2D eigenvalue weighted by atomic mass is 79.9. The monoisotopic (exact) mass is 435 g/mol. The fourth-order valence-electron chi connectivity index (χ4n) is 3.11. The zero-order chi connectivity index (χ0) is 17.8. The molecule has 0 bridgehead atoms. The van der Waals surface area contributed by atoms with E-state index in [-0.39, 0.29) is 0 Å². The summed E-state index contributed by atoms with van der Waals surface area (Å²) in [6.07, 6.45) is 5.36. The molecule has 0 unspecified atom stereocenters. The molecular formula is C20H19BrClNOS. The molecular weight excluding hydrogens is 418 g/mol. The minimum absolute atomic E-state index is 0.584. The van der Waals surface area contributed by atoms with E-state index < -0.39 is 0 Å². The molecule has 0 atom stereocenters. The predicted molar refractivity (Wildman–Crippen MR) is 111 cm³/mol. The second-order valence-electron chi connectivity index (χ2n) is 5.89. The Morgan fingerprint density at radius 2 is 1.96 bits per heavy atom. The molecule has 0 spiro atoms. The summed E-state index contributed by atoms with van der Waals surface area (Å²) in [6.45, 7) is 0.828. The van der Waals surface area contributed by atoms with Gasteiger partial charge in [0.25, 0.3) is 0 Å². The molecule has 0 radical (unpaired) electrons. The minimum atomic E-state index is 0.584. The maximum atomic E-state index is 10.7. The van der Waals surface area contributed by atoms with Crippen molar-refractivity contribution >= 4 is 56.5 Å². The van der Waals surface area contributed by atoms with Gasteiger partial charge in [-0.05, 0) is 64.0 Å². The van der Waals surface area contributed by atoms with E-state index in [0.29, 0.717) is 6.42 Å². The van der Waals surface area contributed by atoms with Crippen LogP contribution in [0.4, 0.5) is 0 Å². The summed E-state index contributed by atoms with van der Waals surface area (Å²) in [4.78, 5) is 12.0. The fourth-order valence-corrected chi connectivity index (χ4v) is 4.59. The van der Waals surface area contributed by atoms with Crippen molar-refractivity contribution in [2.45, 2.75) is 30.7 Å². The molecule has 0 N–H and O–H groups in total.